The Labute approximate surface area is 143 Å². The molecule has 4 nitrogen and oxygen atoms in total. The van der Waals surface area contributed by atoms with Crippen LogP contribution in [0.3, 0.4) is 0 Å². The number of likely N-dealkylation sites (tertiary alicyclic amines) is 1. The molecule has 126 valence electrons. The van der Waals surface area contributed by atoms with E-state index in [2.05, 4.69) is 12.1 Å². The lowest BCUT2D eigenvalue weighted by Crippen LogP contribution is -2.39. The highest BCUT2D eigenvalue weighted by molar-refractivity contribution is 5.81. The first-order valence-electron chi connectivity index (χ1n) is 8.44. The van der Waals surface area contributed by atoms with Crippen molar-refractivity contribution in [2.24, 2.45) is 11.7 Å². The van der Waals surface area contributed by atoms with Crippen LogP contribution in [0, 0.1) is 5.92 Å². The Morgan fingerprint density at radius 1 is 1.12 bits per heavy atom. The maximum absolute atomic E-state index is 12.7. The lowest BCUT2D eigenvalue weighted by atomic mass is 9.89. The number of hydrogen-bond donors (Lipinski definition) is 1. The number of hydrogen-bond acceptors (Lipinski definition) is 3. The number of ether oxygens (including phenoxy) is 1. The van der Waals surface area contributed by atoms with Crippen LogP contribution >= 0.6 is 0 Å². The predicted octanol–water partition coefficient (Wildman–Crippen LogP) is 2.65. The minimum Gasteiger partial charge on any atom is -0.481 e. The van der Waals surface area contributed by atoms with Crippen molar-refractivity contribution in [3.05, 3.63) is 66.2 Å². The molecule has 0 radical (unpaired) electrons. The Balaban J connectivity index is 1.67. The number of benzene rings is 2. The molecule has 0 saturated carbocycles. The molecule has 1 amide bonds. The van der Waals surface area contributed by atoms with Crippen molar-refractivity contribution < 1.29 is 9.53 Å². The predicted molar refractivity (Wildman–Crippen MR) is 94.8 cm³/mol. The summed E-state index contributed by atoms with van der Waals surface area (Å²) in [6, 6.07) is 19.8. The van der Waals surface area contributed by atoms with Crippen LogP contribution in [0.5, 0.6) is 5.75 Å². The van der Waals surface area contributed by atoms with E-state index in [-0.39, 0.29) is 5.91 Å². The Hall–Kier alpha value is -2.33. The van der Waals surface area contributed by atoms with Crippen LogP contribution in [0.1, 0.15) is 18.4 Å². The molecule has 1 fully saturated rings. The molecule has 24 heavy (non-hydrogen) atoms. The van der Waals surface area contributed by atoms with Crippen molar-refractivity contribution in [1.29, 1.82) is 0 Å². The Bertz CT molecular complexity index is 660. The first-order chi connectivity index (χ1) is 11.7. The van der Waals surface area contributed by atoms with Gasteiger partial charge in [-0.05, 0) is 37.1 Å². The van der Waals surface area contributed by atoms with E-state index in [1.807, 2.05) is 60.4 Å². The number of nitrogens with zero attached hydrogens (tertiary/aromatic N) is 1. The van der Waals surface area contributed by atoms with Crippen molar-refractivity contribution in [3.63, 3.8) is 0 Å². The van der Waals surface area contributed by atoms with Crippen LogP contribution in [0.4, 0.5) is 0 Å². The fourth-order valence-electron chi connectivity index (χ4n) is 3.38. The zero-order valence-corrected chi connectivity index (χ0v) is 14.0. The van der Waals surface area contributed by atoms with E-state index in [9.17, 15) is 4.79 Å². The zero-order chi connectivity index (χ0) is 16.9. The minimum atomic E-state index is -0.500. The fourth-order valence-corrected chi connectivity index (χ4v) is 3.38. The number of nitrogens with two attached hydrogens (primary N) is 1. The maximum atomic E-state index is 12.7. The SMILES string of the molecule is CC(Oc1ccccc1)C(=O)N1C[C@@H](CN)[C@H](c2ccccc2)C1. The summed E-state index contributed by atoms with van der Waals surface area (Å²) >= 11 is 0. The van der Waals surface area contributed by atoms with Gasteiger partial charge in [0.05, 0.1) is 0 Å². The van der Waals surface area contributed by atoms with Crippen molar-refractivity contribution in [2.75, 3.05) is 19.6 Å². The van der Waals surface area contributed by atoms with Crippen molar-refractivity contribution >= 4 is 5.91 Å². The molecule has 2 aromatic carbocycles. The minimum absolute atomic E-state index is 0.0238. The van der Waals surface area contributed by atoms with E-state index >= 15 is 0 Å². The van der Waals surface area contributed by atoms with Gasteiger partial charge < -0.3 is 15.4 Å². The molecule has 1 unspecified atom stereocenters. The molecule has 0 bridgehead atoms. The molecular weight excluding hydrogens is 300 g/mol. The molecule has 3 rings (SSSR count). The number of carbonyl (C=O) groups excluding carboxylic acids is 1. The second-order valence-corrected chi connectivity index (χ2v) is 6.33. The smallest absolute Gasteiger partial charge is 0.263 e. The molecule has 1 aliphatic rings. The summed E-state index contributed by atoms with van der Waals surface area (Å²) in [6.45, 7) is 3.78. The van der Waals surface area contributed by atoms with Crippen molar-refractivity contribution in [1.82, 2.24) is 4.90 Å². The molecule has 3 atom stereocenters. The van der Waals surface area contributed by atoms with Crippen LogP contribution < -0.4 is 10.5 Å². The van der Waals surface area contributed by atoms with E-state index in [1.54, 1.807) is 0 Å². The van der Waals surface area contributed by atoms with Gasteiger partial charge in [0.2, 0.25) is 0 Å². The van der Waals surface area contributed by atoms with Crippen LogP contribution in [0.2, 0.25) is 0 Å². The van der Waals surface area contributed by atoms with Crippen molar-refractivity contribution in [3.8, 4) is 5.75 Å². The quantitative estimate of drug-likeness (QED) is 0.920. The van der Waals surface area contributed by atoms with E-state index in [0.717, 1.165) is 0 Å². The molecule has 0 aliphatic carbocycles. The molecule has 0 aromatic heterocycles. The first kappa shape index (κ1) is 16.5. The first-order valence-corrected chi connectivity index (χ1v) is 8.44. The number of amides is 1. The lowest BCUT2D eigenvalue weighted by molar-refractivity contribution is -0.137. The summed E-state index contributed by atoms with van der Waals surface area (Å²) in [4.78, 5) is 14.6. The number of para-hydroxylation sites is 1. The second-order valence-electron chi connectivity index (χ2n) is 6.33. The highest BCUT2D eigenvalue weighted by Gasteiger charge is 2.37. The largest absolute Gasteiger partial charge is 0.481 e. The summed E-state index contributed by atoms with van der Waals surface area (Å²) in [5.74, 6) is 1.33. The maximum Gasteiger partial charge on any atom is 0.263 e. The van der Waals surface area contributed by atoms with Gasteiger partial charge >= 0.3 is 0 Å². The molecular formula is C20H24N2O2. The van der Waals surface area contributed by atoms with Gasteiger partial charge in [-0.3, -0.25) is 4.79 Å². The highest BCUT2D eigenvalue weighted by Crippen LogP contribution is 2.32. The summed E-state index contributed by atoms with van der Waals surface area (Å²) in [5.41, 5.74) is 7.20. The summed E-state index contributed by atoms with van der Waals surface area (Å²) in [5, 5.41) is 0. The highest BCUT2D eigenvalue weighted by atomic mass is 16.5. The van der Waals surface area contributed by atoms with E-state index in [1.165, 1.54) is 5.56 Å². The van der Waals surface area contributed by atoms with Gasteiger partial charge in [-0.25, -0.2) is 0 Å². The van der Waals surface area contributed by atoms with Crippen LogP contribution in [-0.2, 0) is 4.79 Å². The number of rotatable bonds is 5. The average Bonchev–Trinajstić information content (AvgIpc) is 3.07. The molecule has 4 heteroatoms. The van der Waals surface area contributed by atoms with E-state index in [0.29, 0.717) is 37.2 Å². The molecule has 2 N–H and O–H groups in total. The normalized spacial score (nSPS) is 21.5. The zero-order valence-electron chi connectivity index (χ0n) is 14.0. The Kier molecular flexibility index (Phi) is 5.16. The van der Waals surface area contributed by atoms with Crippen LogP contribution in [-0.4, -0.2) is 36.5 Å². The van der Waals surface area contributed by atoms with Gasteiger partial charge in [0.25, 0.3) is 5.91 Å². The molecule has 1 saturated heterocycles. The van der Waals surface area contributed by atoms with Crippen molar-refractivity contribution in [2.45, 2.75) is 18.9 Å². The van der Waals surface area contributed by atoms with Gasteiger partial charge in [-0.1, -0.05) is 48.5 Å². The van der Waals surface area contributed by atoms with Crippen LogP contribution in [0.25, 0.3) is 0 Å². The summed E-state index contributed by atoms with van der Waals surface area (Å²) in [7, 11) is 0. The summed E-state index contributed by atoms with van der Waals surface area (Å²) in [6.07, 6.45) is -0.500. The average molecular weight is 324 g/mol. The third kappa shape index (κ3) is 3.60. The van der Waals surface area contributed by atoms with Gasteiger partial charge in [-0.15, -0.1) is 0 Å². The topological polar surface area (TPSA) is 55.6 Å². The lowest BCUT2D eigenvalue weighted by Gasteiger charge is -2.22. The van der Waals surface area contributed by atoms with Gasteiger partial charge in [0.1, 0.15) is 5.75 Å². The van der Waals surface area contributed by atoms with Gasteiger partial charge in [0.15, 0.2) is 6.10 Å². The van der Waals surface area contributed by atoms with E-state index in [4.69, 9.17) is 10.5 Å². The summed E-state index contributed by atoms with van der Waals surface area (Å²) < 4.78 is 5.78. The van der Waals surface area contributed by atoms with E-state index < -0.39 is 6.10 Å². The molecule has 2 aromatic rings. The monoisotopic (exact) mass is 324 g/mol. The van der Waals surface area contributed by atoms with Gasteiger partial charge in [0, 0.05) is 19.0 Å². The third-order valence-electron chi connectivity index (χ3n) is 4.69. The standard InChI is InChI=1S/C20H24N2O2/c1-15(24-18-10-6-3-7-11-18)20(23)22-13-17(12-21)19(14-22)16-8-4-2-5-9-16/h2-11,15,17,19H,12-14,21H2,1H3/t15?,17-,19+/m1/s1. The van der Waals surface area contributed by atoms with Crippen LogP contribution in [0.15, 0.2) is 60.7 Å². The Morgan fingerprint density at radius 3 is 2.38 bits per heavy atom. The molecule has 1 heterocycles. The number of carbonyl (C=O) groups is 1. The fraction of sp³-hybridized carbons (Fsp3) is 0.350. The van der Waals surface area contributed by atoms with Gasteiger partial charge in [-0.2, -0.15) is 0 Å². The second kappa shape index (κ2) is 7.49. The molecule has 0 spiro atoms. The molecule has 1 aliphatic heterocycles. The Morgan fingerprint density at radius 2 is 1.75 bits per heavy atom. The third-order valence-corrected chi connectivity index (χ3v) is 4.69.